The summed E-state index contributed by atoms with van der Waals surface area (Å²) in [6, 6.07) is 8.82. The summed E-state index contributed by atoms with van der Waals surface area (Å²) in [5, 5.41) is 0. The molecule has 17 heavy (non-hydrogen) atoms. The minimum absolute atomic E-state index is 0.0256. The van der Waals surface area contributed by atoms with Crippen LogP contribution >= 0.6 is 0 Å². The van der Waals surface area contributed by atoms with Crippen LogP contribution in [0.4, 0.5) is 13.2 Å². The van der Waals surface area contributed by atoms with Gasteiger partial charge >= 0.3 is 6.18 Å². The lowest BCUT2D eigenvalue weighted by molar-refractivity contribution is -0.225. The fourth-order valence-corrected chi connectivity index (χ4v) is 1.38. The molecule has 1 rings (SSSR count). The molecular weight excluding hydrogens is 229 g/mol. The minimum Gasteiger partial charge on any atom is -0.364 e. The summed E-state index contributed by atoms with van der Waals surface area (Å²) >= 11 is 0. The van der Waals surface area contributed by atoms with E-state index in [1.54, 1.807) is 24.3 Å². The van der Waals surface area contributed by atoms with Gasteiger partial charge in [0.1, 0.15) is 0 Å². The molecule has 4 heteroatoms. The SMILES string of the molecule is C=CCC[C@@H](OCc1ccccc1)C(F)(F)F. The van der Waals surface area contributed by atoms with Crippen molar-refractivity contribution < 1.29 is 17.9 Å². The molecule has 1 aromatic carbocycles. The number of hydrogen-bond acceptors (Lipinski definition) is 1. The Kier molecular flexibility index (Phi) is 5.22. The quantitative estimate of drug-likeness (QED) is 0.684. The van der Waals surface area contributed by atoms with Crippen LogP contribution < -0.4 is 0 Å². The van der Waals surface area contributed by atoms with Crippen LogP contribution in [-0.4, -0.2) is 12.3 Å². The van der Waals surface area contributed by atoms with Gasteiger partial charge in [-0.3, -0.25) is 0 Å². The van der Waals surface area contributed by atoms with E-state index >= 15 is 0 Å². The van der Waals surface area contributed by atoms with Crippen molar-refractivity contribution in [3.8, 4) is 0 Å². The van der Waals surface area contributed by atoms with Gasteiger partial charge in [-0.25, -0.2) is 0 Å². The summed E-state index contributed by atoms with van der Waals surface area (Å²) in [5.74, 6) is 0. The van der Waals surface area contributed by atoms with Crippen molar-refractivity contribution in [2.24, 2.45) is 0 Å². The molecule has 0 saturated carbocycles. The van der Waals surface area contributed by atoms with E-state index in [0.717, 1.165) is 5.56 Å². The molecule has 0 unspecified atom stereocenters. The predicted molar refractivity (Wildman–Crippen MR) is 60.5 cm³/mol. The second-order valence-corrected chi connectivity index (χ2v) is 3.69. The first-order valence-electron chi connectivity index (χ1n) is 5.37. The highest BCUT2D eigenvalue weighted by molar-refractivity contribution is 5.13. The van der Waals surface area contributed by atoms with E-state index in [-0.39, 0.29) is 13.0 Å². The third kappa shape index (κ3) is 5.04. The molecule has 94 valence electrons. The van der Waals surface area contributed by atoms with Crippen molar-refractivity contribution in [2.75, 3.05) is 0 Å². The number of benzene rings is 1. The molecule has 0 N–H and O–H groups in total. The highest BCUT2D eigenvalue weighted by Crippen LogP contribution is 2.27. The minimum atomic E-state index is -4.32. The van der Waals surface area contributed by atoms with Crippen LogP contribution in [0.3, 0.4) is 0 Å². The molecule has 1 aromatic rings. The molecule has 0 radical (unpaired) electrons. The molecule has 0 saturated heterocycles. The lowest BCUT2D eigenvalue weighted by atomic mass is 10.2. The van der Waals surface area contributed by atoms with Gasteiger partial charge in [-0.15, -0.1) is 6.58 Å². The van der Waals surface area contributed by atoms with Crippen molar-refractivity contribution >= 4 is 0 Å². The second-order valence-electron chi connectivity index (χ2n) is 3.69. The first-order valence-corrected chi connectivity index (χ1v) is 5.37. The van der Waals surface area contributed by atoms with E-state index in [2.05, 4.69) is 6.58 Å². The van der Waals surface area contributed by atoms with Crippen molar-refractivity contribution in [3.63, 3.8) is 0 Å². The molecule has 0 aromatic heterocycles. The molecule has 0 aliphatic rings. The maximum atomic E-state index is 12.6. The van der Waals surface area contributed by atoms with E-state index < -0.39 is 12.3 Å². The summed E-state index contributed by atoms with van der Waals surface area (Å²) < 4.78 is 42.7. The van der Waals surface area contributed by atoms with Gasteiger partial charge in [0.05, 0.1) is 6.61 Å². The Morgan fingerprint density at radius 3 is 2.41 bits per heavy atom. The first kappa shape index (κ1) is 13.8. The maximum Gasteiger partial charge on any atom is 0.414 e. The molecule has 0 aliphatic heterocycles. The molecule has 0 fully saturated rings. The smallest absolute Gasteiger partial charge is 0.364 e. The van der Waals surface area contributed by atoms with Gasteiger partial charge in [-0.1, -0.05) is 36.4 Å². The van der Waals surface area contributed by atoms with E-state index in [9.17, 15) is 13.2 Å². The number of hydrogen-bond donors (Lipinski definition) is 0. The molecule has 0 amide bonds. The van der Waals surface area contributed by atoms with E-state index in [1.165, 1.54) is 6.08 Å². The Balaban J connectivity index is 2.52. The number of rotatable bonds is 6. The Bertz CT molecular complexity index is 332. The normalized spacial score (nSPS) is 13.4. The van der Waals surface area contributed by atoms with Gasteiger partial charge < -0.3 is 4.74 Å². The molecule has 0 heterocycles. The van der Waals surface area contributed by atoms with E-state index in [0.29, 0.717) is 6.42 Å². The molecule has 0 spiro atoms. The monoisotopic (exact) mass is 244 g/mol. The molecule has 0 bridgehead atoms. The summed E-state index contributed by atoms with van der Waals surface area (Å²) in [6.07, 6.45) is -4.37. The number of ether oxygens (including phenoxy) is 1. The van der Waals surface area contributed by atoms with Crippen LogP contribution in [0.25, 0.3) is 0 Å². The standard InChI is InChI=1S/C13H15F3O/c1-2-3-9-12(13(14,15)16)17-10-11-7-5-4-6-8-11/h2,4-8,12H,1,3,9-10H2/t12-/m1/s1. The molecule has 1 atom stereocenters. The van der Waals surface area contributed by atoms with Crippen LogP contribution in [0.2, 0.25) is 0 Å². The Morgan fingerprint density at radius 2 is 1.88 bits per heavy atom. The third-order valence-electron chi connectivity index (χ3n) is 2.29. The average Bonchev–Trinajstić information content (AvgIpc) is 2.29. The summed E-state index contributed by atoms with van der Waals surface area (Å²) in [7, 11) is 0. The lowest BCUT2D eigenvalue weighted by Gasteiger charge is -2.20. The van der Waals surface area contributed by atoms with Gasteiger partial charge in [0.25, 0.3) is 0 Å². The Hall–Kier alpha value is -1.29. The Morgan fingerprint density at radius 1 is 1.24 bits per heavy atom. The molecule has 0 aliphatic carbocycles. The second kappa shape index (κ2) is 6.45. The third-order valence-corrected chi connectivity index (χ3v) is 2.29. The number of allylic oxidation sites excluding steroid dienone is 1. The lowest BCUT2D eigenvalue weighted by Crippen LogP contribution is -2.31. The van der Waals surface area contributed by atoms with Gasteiger partial charge in [0.2, 0.25) is 0 Å². The fourth-order valence-electron chi connectivity index (χ4n) is 1.38. The van der Waals surface area contributed by atoms with Crippen LogP contribution in [0.5, 0.6) is 0 Å². The van der Waals surface area contributed by atoms with Crippen LogP contribution in [0.1, 0.15) is 18.4 Å². The van der Waals surface area contributed by atoms with E-state index in [1.807, 2.05) is 6.07 Å². The first-order chi connectivity index (χ1) is 8.04. The van der Waals surface area contributed by atoms with Crippen molar-refractivity contribution in [1.82, 2.24) is 0 Å². The Labute approximate surface area is 98.9 Å². The van der Waals surface area contributed by atoms with Crippen molar-refractivity contribution in [2.45, 2.75) is 31.7 Å². The largest absolute Gasteiger partial charge is 0.414 e. The molecular formula is C13H15F3O. The summed E-state index contributed by atoms with van der Waals surface area (Å²) in [4.78, 5) is 0. The number of halogens is 3. The van der Waals surface area contributed by atoms with Gasteiger partial charge in [-0.05, 0) is 18.4 Å². The highest BCUT2D eigenvalue weighted by Gasteiger charge is 2.39. The van der Waals surface area contributed by atoms with Crippen LogP contribution in [0.15, 0.2) is 43.0 Å². The van der Waals surface area contributed by atoms with Crippen molar-refractivity contribution in [3.05, 3.63) is 48.6 Å². The average molecular weight is 244 g/mol. The topological polar surface area (TPSA) is 9.23 Å². The number of alkyl halides is 3. The van der Waals surface area contributed by atoms with E-state index in [4.69, 9.17) is 4.74 Å². The van der Waals surface area contributed by atoms with Gasteiger partial charge in [0.15, 0.2) is 6.10 Å². The summed E-state index contributed by atoms with van der Waals surface area (Å²) in [6.45, 7) is 3.38. The fraction of sp³-hybridized carbons (Fsp3) is 0.385. The zero-order valence-corrected chi connectivity index (χ0v) is 9.41. The zero-order valence-electron chi connectivity index (χ0n) is 9.41. The molecule has 1 nitrogen and oxygen atoms in total. The zero-order chi connectivity index (χ0) is 12.7. The van der Waals surface area contributed by atoms with Gasteiger partial charge in [0, 0.05) is 0 Å². The highest BCUT2D eigenvalue weighted by atomic mass is 19.4. The predicted octanol–water partition coefficient (Wildman–Crippen LogP) is 4.10. The van der Waals surface area contributed by atoms with Crippen LogP contribution in [0, 0.1) is 0 Å². The van der Waals surface area contributed by atoms with Crippen molar-refractivity contribution in [1.29, 1.82) is 0 Å². The van der Waals surface area contributed by atoms with Crippen LogP contribution in [-0.2, 0) is 11.3 Å². The summed E-state index contributed by atoms with van der Waals surface area (Å²) in [5.41, 5.74) is 0.736. The van der Waals surface area contributed by atoms with Gasteiger partial charge in [-0.2, -0.15) is 13.2 Å². The maximum absolute atomic E-state index is 12.6.